The average molecular weight is 246 g/mol. The Morgan fingerprint density at radius 3 is 2.67 bits per heavy atom. The number of nitrogens with zero attached hydrogens (tertiary/aromatic N) is 1. The lowest BCUT2D eigenvalue weighted by atomic mass is 9.83. The van der Waals surface area contributed by atoms with Gasteiger partial charge < -0.3 is 5.32 Å². The Balaban J connectivity index is 2.00. The molecule has 2 rings (SSSR count). The Labute approximate surface area is 111 Å². The molecule has 1 atom stereocenters. The molecule has 0 aromatic carbocycles. The zero-order chi connectivity index (χ0) is 12.8. The molecule has 18 heavy (non-hydrogen) atoms. The van der Waals surface area contributed by atoms with E-state index < -0.39 is 0 Å². The molecule has 1 aromatic heterocycles. The molecule has 0 amide bonds. The van der Waals surface area contributed by atoms with E-state index in [9.17, 15) is 0 Å². The van der Waals surface area contributed by atoms with E-state index in [1.54, 1.807) is 0 Å². The van der Waals surface area contributed by atoms with Gasteiger partial charge in [-0.1, -0.05) is 45.1 Å². The minimum Gasteiger partial charge on any atom is -0.310 e. The lowest BCUT2D eigenvalue weighted by Crippen LogP contribution is -2.24. The van der Waals surface area contributed by atoms with Crippen molar-refractivity contribution in [3.05, 3.63) is 29.6 Å². The smallest absolute Gasteiger partial charge is 0.0372 e. The van der Waals surface area contributed by atoms with Gasteiger partial charge in [-0.3, -0.25) is 4.98 Å². The van der Waals surface area contributed by atoms with Crippen LogP contribution in [0.25, 0.3) is 0 Å². The summed E-state index contributed by atoms with van der Waals surface area (Å²) >= 11 is 0. The summed E-state index contributed by atoms with van der Waals surface area (Å²) < 4.78 is 0. The lowest BCUT2D eigenvalue weighted by Gasteiger charge is -2.27. The number of hydrogen-bond donors (Lipinski definition) is 1. The van der Waals surface area contributed by atoms with Crippen LogP contribution in [0.15, 0.2) is 18.3 Å². The maximum atomic E-state index is 4.44. The number of hydrogen-bond acceptors (Lipinski definition) is 2. The number of aryl methyl sites for hydroxylation is 1. The summed E-state index contributed by atoms with van der Waals surface area (Å²) in [6, 6.07) is 4.85. The first-order valence-corrected chi connectivity index (χ1v) is 7.45. The maximum absolute atomic E-state index is 4.44. The van der Waals surface area contributed by atoms with Crippen LogP contribution in [0.3, 0.4) is 0 Å². The summed E-state index contributed by atoms with van der Waals surface area (Å²) in [7, 11) is 0. The highest BCUT2D eigenvalue weighted by Gasteiger charge is 2.19. The monoisotopic (exact) mass is 246 g/mol. The predicted octanol–water partition coefficient (Wildman–Crippen LogP) is 4.01. The molecule has 2 nitrogen and oxygen atoms in total. The van der Waals surface area contributed by atoms with Gasteiger partial charge in [0, 0.05) is 17.9 Å². The Kier molecular flexibility index (Phi) is 5.18. The normalized spacial score (nSPS) is 18.8. The van der Waals surface area contributed by atoms with Crippen LogP contribution in [0.5, 0.6) is 0 Å². The van der Waals surface area contributed by atoms with Gasteiger partial charge in [0.2, 0.25) is 0 Å². The van der Waals surface area contributed by atoms with Crippen LogP contribution >= 0.6 is 0 Å². The fourth-order valence-corrected chi connectivity index (χ4v) is 3.03. The standard InChI is InChI=1S/C16H26N2/c1-3-17-16(11-14-7-5-4-6-8-14)15-10-9-13(2)18-12-15/h9-10,12,14,16-17H,3-8,11H2,1-2H3. The zero-order valence-electron chi connectivity index (χ0n) is 11.8. The number of pyridine rings is 1. The van der Waals surface area contributed by atoms with Crippen LogP contribution in [0.4, 0.5) is 0 Å². The molecular weight excluding hydrogens is 220 g/mol. The van der Waals surface area contributed by atoms with Crippen LogP contribution in [-0.2, 0) is 0 Å². The Hall–Kier alpha value is -0.890. The van der Waals surface area contributed by atoms with E-state index in [1.165, 1.54) is 44.1 Å². The molecule has 0 spiro atoms. The van der Waals surface area contributed by atoms with Crippen molar-refractivity contribution in [2.75, 3.05) is 6.54 Å². The highest BCUT2D eigenvalue weighted by molar-refractivity contribution is 5.17. The van der Waals surface area contributed by atoms with E-state index in [1.807, 2.05) is 13.1 Å². The summed E-state index contributed by atoms with van der Waals surface area (Å²) in [6.45, 7) is 5.27. The van der Waals surface area contributed by atoms with Gasteiger partial charge in [-0.2, -0.15) is 0 Å². The topological polar surface area (TPSA) is 24.9 Å². The van der Waals surface area contributed by atoms with Crippen molar-refractivity contribution in [3.8, 4) is 0 Å². The van der Waals surface area contributed by atoms with E-state index >= 15 is 0 Å². The summed E-state index contributed by atoms with van der Waals surface area (Å²) in [4.78, 5) is 4.44. The van der Waals surface area contributed by atoms with Crippen LogP contribution in [0.2, 0.25) is 0 Å². The summed E-state index contributed by atoms with van der Waals surface area (Å²) in [5.74, 6) is 0.907. The maximum Gasteiger partial charge on any atom is 0.0372 e. The molecule has 0 saturated heterocycles. The molecule has 1 unspecified atom stereocenters. The zero-order valence-corrected chi connectivity index (χ0v) is 11.8. The molecule has 1 fully saturated rings. The van der Waals surface area contributed by atoms with Crippen LogP contribution in [0, 0.1) is 12.8 Å². The van der Waals surface area contributed by atoms with Crippen LogP contribution in [0.1, 0.15) is 62.7 Å². The molecule has 0 aliphatic heterocycles. The summed E-state index contributed by atoms with van der Waals surface area (Å²) in [5.41, 5.74) is 2.46. The van der Waals surface area contributed by atoms with Crippen molar-refractivity contribution < 1.29 is 0 Å². The number of nitrogens with one attached hydrogen (secondary N) is 1. The van der Waals surface area contributed by atoms with Crippen molar-refractivity contribution in [2.24, 2.45) is 5.92 Å². The van der Waals surface area contributed by atoms with Gasteiger partial charge in [-0.25, -0.2) is 0 Å². The molecule has 1 heterocycles. The van der Waals surface area contributed by atoms with Gasteiger partial charge in [0.1, 0.15) is 0 Å². The average Bonchev–Trinajstić information content (AvgIpc) is 2.40. The SMILES string of the molecule is CCNC(CC1CCCCC1)c1ccc(C)nc1. The van der Waals surface area contributed by atoms with Crippen LogP contribution < -0.4 is 5.32 Å². The minimum atomic E-state index is 0.492. The first-order valence-electron chi connectivity index (χ1n) is 7.45. The van der Waals surface area contributed by atoms with Gasteiger partial charge in [-0.15, -0.1) is 0 Å². The second kappa shape index (κ2) is 6.89. The molecule has 1 aromatic rings. The minimum absolute atomic E-state index is 0.492. The van der Waals surface area contributed by atoms with E-state index in [4.69, 9.17) is 0 Å². The fourth-order valence-electron chi connectivity index (χ4n) is 3.03. The summed E-state index contributed by atoms with van der Waals surface area (Å²) in [5, 5.41) is 3.63. The van der Waals surface area contributed by atoms with E-state index in [-0.39, 0.29) is 0 Å². The van der Waals surface area contributed by atoms with Crippen molar-refractivity contribution in [1.29, 1.82) is 0 Å². The van der Waals surface area contributed by atoms with E-state index in [2.05, 4.69) is 29.4 Å². The van der Waals surface area contributed by atoms with Crippen molar-refractivity contribution in [2.45, 2.75) is 58.4 Å². The lowest BCUT2D eigenvalue weighted by molar-refractivity contribution is 0.301. The Morgan fingerprint density at radius 1 is 1.28 bits per heavy atom. The first-order chi connectivity index (χ1) is 8.79. The summed E-state index contributed by atoms with van der Waals surface area (Å²) in [6.07, 6.45) is 10.5. The van der Waals surface area contributed by atoms with Crippen molar-refractivity contribution >= 4 is 0 Å². The van der Waals surface area contributed by atoms with Gasteiger partial charge in [0.15, 0.2) is 0 Å². The number of aromatic nitrogens is 1. The van der Waals surface area contributed by atoms with Gasteiger partial charge >= 0.3 is 0 Å². The molecule has 1 N–H and O–H groups in total. The fraction of sp³-hybridized carbons (Fsp3) is 0.688. The molecule has 0 bridgehead atoms. The molecule has 2 heteroatoms. The Bertz CT molecular complexity index is 339. The molecule has 1 aliphatic carbocycles. The third-order valence-electron chi connectivity index (χ3n) is 4.08. The Morgan fingerprint density at radius 2 is 2.06 bits per heavy atom. The van der Waals surface area contributed by atoms with Gasteiger partial charge in [-0.05, 0) is 37.4 Å². The molecule has 0 radical (unpaired) electrons. The second-order valence-electron chi connectivity index (χ2n) is 5.58. The van der Waals surface area contributed by atoms with E-state index in [0.29, 0.717) is 6.04 Å². The highest BCUT2D eigenvalue weighted by Crippen LogP contribution is 2.31. The van der Waals surface area contributed by atoms with Crippen LogP contribution in [-0.4, -0.2) is 11.5 Å². The molecular formula is C16H26N2. The number of rotatable bonds is 5. The third kappa shape index (κ3) is 3.81. The molecule has 1 saturated carbocycles. The molecule has 100 valence electrons. The predicted molar refractivity (Wildman–Crippen MR) is 76.6 cm³/mol. The van der Waals surface area contributed by atoms with E-state index in [0.717, 1.165) is 18.2 Å². The van der Waals surface area contributed by atoms with Gasteiger partial charge in [0.25, 0.3) is 0 Å². The molecule has 1 aliphatic rings. The largest absolute Gasteiger partial charge is 0.310 e. The highest BCUT2D eigenvalue weighted by atomic mass is 14.9. The van der Waals surface area contributed by atoms with Crippen molar-refractivity contribution in [1.82, 2.24) is 10.3 Å². The third-order valence-corrected chi connectivity index (χ3v) is 4.08. The van der Waals surface area contributed by atoms with Gasteiger partial charge in [0.05, 0.1) is 0 Å². The first kappa shape index (κ1) is 13.5. The quantitative estimate of drug-likeness (QED) is 0.849. The second-order valence-corrected chi connectivity index (χ2v) is 5.58. The van der Waals surface area contributed by atoms with Crippen molar-refractivity contribution in [3.63, 3.8) is 0 Å².